The summed E-state index contributed by atoms with van der Waals surface area (Å²) >= 11 is 0. The summed E-state index contributed by atoms with van der Waals surface area (Å²) in [5.74, 6) is -0.671. The summed E-state index contributed by atoms with van der Waals surface area (Å²) in [7, 11) is 2.85. The molecule has 0 rings (SSSR count). The molecule has 0 aliphatic rings. The molecule has 0 aromatic heterocycles. The van der Waals surface area contributed by atoms with E-state index in [9.17, 15) is 9.59 Å². The standard InChI is InChI=1S/C11H17NO3/c1-5-8(2)9(11(14)15-4)6-7-10(13)12-3/h6-7H,5H2,1-4H3,(H,12,13)/b7-6-,9-8+. The van der Waals surface area contributed by atoms with Gasteiger partial charge < -0.3 is 10.1 Å². The molecule has 0 saturated heterocycles. The fourth-order valence-corrected chi connectivity index (χ4v) is 0.927. The van der Waals surface area contributed by atoms with Gasteiger partial charge >= 0.3 is 5.97 Å². The molecule has 0 bridgehead atoms. The normalized spacial score (nSPS) is 12.3. The molecular weight excluding hydrogens is 194 g/mol. The maximum Gasteiger partial charge on any atom is 0.337 e. The number of hydrogen-bond acceptors (Lipinski definition) is 3. The van der Waals surface area contributed by atoms with Crippen LogP contribution in [0.2, 0.25) is 0 Å². The highest BCUT2D eigenvalue weighted by atomic mass is 16.5. The van der Waals surface area contributed by atoms with E-state index in [4.69, 9.17) is 0 Å². The van der Waals surface area contributed by atoms with Crippen LogP contribution in [0.1, 0.15) is 20.3 Å². The maximum absolute atomic E-state index is 11.4. The summed E-state index contributed by atoms with van der Waals surface area (Å²) in [5, 5.41) is 2.43. The first-order valence-corrected chi connectivity index (χ1v) is 4.74. The van der Waals surface area contributed by atoms with Crippen LogP contribution in [0.25, 0.3) is 0 Å². The molecule has 15 heavy (non-hydrogen) atoms. The first-order chi connectivity index (χ1) is 7.06. The van der Waals surface area contributed by atoms with Crippen molar-refractivity contribution in [2.45, 2.75) is 20.3 Å². The number of esters is 1. The van der Waals surface area contributed by atoms with Crippen molar-refractivity contribution < 1.29 is 14.3 Å². The number of amides is 1. The number of rotatable bonds is 4. The van der Waals surface area contributed by atoms with Crippen molar-refractivity contribution in [2.75, 3.05) is 14.2 Å². The van der Waals surface area contributed by atoms with Gasteiger partial charge in [0.1, 0.15) is 0 Å². The number of carbonyl (C=O) groups excluding carboxylic acids is 2. The van der Waals surface area contributed by atoms with Crippen LogP contribution in [-0.2, 0) is 14.3 Å². The molecule has 0 unspecified atom stereocenters. The van der Waals surface area contributed by atoms with Crippen molar-refractivity contribution in [1.29, 1.82) is 0 Å². The molecule has 0 saturated carbocycles. The average Bonchev–Trinajstić information content (AvgIpc) is 2.27. The van der Waals surface area contributed by atoms with Gasteiger partial charge in [-0.2, -0.15) is 0 Å². The van der Waals surface area contributed by atoms with Crippen molar-refractivity contribution >= 4 is 11.9 Å². The van der Waals surface area contributed by atoms with Crippen molar-refractivity contribution in [3.63, 3.8) is 0 Å². The van der Waals surface area contributed by atoms with Crippen LogP contribution in [0.4, 0.5) is 0 Å². The zero-order valence-electron chi connectivity index (χ0n) is 9.59. The van der Waals surface area contributed by atoms with Crippen molar-refractivity contribution in [2.24, 2.45) is 0 Å². The number of ether oxygens (including phenoxy) is 1. The molecule has 0 radical (unpaired) electrons. The largest absolute Gasteiger partial charge is 0.465 e. The van der Waals surface area contributed by atoms with E-state index in [2.05, 4.69) is 10.1 Å². The van der Waals surface area contributed by atoms with Crippen molar-refractivity contribution in [3.8, 4) is 0 Å². The molecule has 0 spiro atoms. The van der Waals surface area contributed by atoms with E-state index in [0.717, 1.165) is 12.0 Å². The lowest BCUT2D eigenvalue weighted by molar-refractivity contribution is -0.135. The van der Waals surface area contributed by atoms with E-state index in [1.54, 1.807) is 0 Å². The molecule has 0 aliphatic heterocycles. The lowest BCUT2D eigenvalue weighted by Crippen LogP contribution is -2.15. The van der Waals surface area contributed by atoms with Crippen molar-refractivity contribution in [3.05, 3.63) is 23.3 Å². The van der Waals surface area contributed by atoms with Crippen molar-refractivity contribution in [1.82, 2.24) is 5.32 Å². The Morgan fingerprint density at radius 2 is 1.93 bits per heavy atom. The van der Waals surface area contributed by atoms with E-state index < -0.39 is 5.97 Å². The van der Waals surface area contributed by atoms with Gasteiger partial charge in [0.25, 0.3) is 0 Å². The SMILES string of the molecule is CC/C(C)=C(\C=C/C(=O)NC)C(=O)OC. The number of carbonyl (C=O) groups is 2. The minimum Gasteiger partial charge on any atom is -0.465 e. The molecule has 1 amide bonds. The van der Waals surface area contributed by atoms with Gasteiger partial charge in [-0.05, 0) is 19.4 Å². The van der Waals surface area contributed by atoms with E-state index in [1.807, 2.05) is 13.8 Å². The molecular formula is C11H17NO3. The highest BCUT2D eigenvalue weighted by molar-refractivity contribution is 5.95. The molecule has 4 heteroatoms. The summed E-state index contributed by atoms with van der Waals surface area (Å²) < 4.78 is 4.62. The Kier molecular flexibility index (Phi) is 6.09. The number of allylic oxidation sites excluding steroid dienone is 1. The second-order valence-electron chi connectivity index (χ2n) is 2.99. The molecule has 1 N–H and O–H groups in total. The van der Waals surface area contributed by atoms with Gasteiger partial charge in [-0.15, -0.1) is 0 Å². The van der Waals surface area contributed by atoms with Gasteiger partial charge in [-0.3, -0.25) is 4.79 Å². The summed E-state index contributed by atoms with van der Waals surface area (Å²) in [6, 6.07) is 0. The van der Waals surface area contributed by atoms with Crippen LogP contribution in [0.5, 0.6) is 0 Å². The van der Waals surface area contributed by atoms with Gasteiger partial charge in [-0.25, -0.2) is 4.79 Å². The highest BCUT2D eigenvalue weighted by Gasteiger charge is 2.09. The second kappa shape index (κ2) is 6.81. The van der Waals surface area contributed by atoms with Crippen LogP contribution >= 0.6 is 0 Å². The number of likely N-dealkylation sites (N-methyl/N-ethyl adjacent to an activating group) is 1. The predicted octanol–water partition coefficient (Wildman–Crippen LogP) is 1.19. The predicted molar refractivity (Wildman–Crippen MR) is 58.2 cm³/mol. The summed E-state index contributed by atoms with van der Waals surface area (Å²) in [5.41, 5.74) is 1.32. The van der Waals surface area contributed by atoms with Gasteiger partial charge in [0.2, 0.25) is 5.91 Å². The zero-order chi connectivity index (χ0) is 11.8. The Bertz CT molecular complexity index is 303. The fraction of sp³-hybridized carbons (Fsp3) is 0.455. The van der Waals surface area contributed by atoms with Crippen LogP contribution in [0.15, 0.2) is 23.3 Å². The Hall–Kier alpha value is -1.58. The third kappa shape index (κ3) is 4.44. The Morgan fingerprint density at radius 3 is 2.33 bits per heavy atom. The maximum atomic E-state index is 11.4. The minimum absolute atomic E-state index is 0.250. The van der Waals surface area contributed by atoms with Gasteiger partial charge in [0.15, 0.2) is 0 Å². The quantitative estimate of drug-likeness (QED) is 0.431. The highest BCUT2D eigenvalue weighted by Crippen LogP contribution is 2.11. The smallest absolute Gasteiger partial charge is 0.337 e. The Morgan fingerprint density at radius 1 is 1.33 bits per heavy atom. The van der Waals surface area contributed by atoms with E-state index in [-0.39, 0.29) is 5.91 Å². The number of methoxy groups -OCH3 is 1. The summed E-state index contributed by atoms with van der Waals surface area (Å²) in [4.78, 5) is 22.3. The summed E-state index contributed by atoms with van der Waals surface area (Å²) in [6.45, 7) is 3.77. The molecule has 0 heterocycles. The van der Waals surface area contributed by atoms with E-state index >= 15 is 0 Å². The first-order valence-electron chi connectivity index (χ1n) is 4.74. The van der Waals surface area contributed by atoms with Crippen LogP contribution in [-0.4, -0.2) is 26.0 Å². The lowest BCUT2D eigenvalue weighted by atomic mass is 10.1. The lowest BCUT2D eigenvalue weighted by Gasteiger charge is -2.04. The van der Waals surface area contributed by atoms with Crippen LogP contribution in [0.3, 0.4) is 0 Å². The van der Waals surface area contributed by atoms with E-state index in [1.165, 1.54) is 26.3 Å². The monoisotopic (exact) mass is 211 g/mol. The number of nitrogens with one attached hydrogen (secondary N) is 1. The molecule has 0 fully saturated rings. The Labute approximate surface area is 90.0 Å². The summed E-state index contributed by atoms with van der Waals surface area (Å²) in [6.07, 6.45) is 3.53. The van der Waals surface area contributed by atoms with Crippen LogP contribution < -0.4 is 5.32 Å². The third-order valence-corrected chi connectivity index (χ3v) is 2.04. The molecule has 4 nitrogen and oxygen atoms in total. The average molecular weight is 211 g/mol. The molecule has 0 aliphatic carbocycles. The number of hydrogen-bond donors (Lipinski definition) is 1. The Balaban J connectivity index is 4.91. The molecule has 0 aromatic carbocycles. The third-order valence-electron chi connectivity index (χ3n) is 2.04. The van der Waals surface area contributed by atoms with E-state index in [0.29, 0.717) is 5.57 Å². The zero-order valence-corrected chi connectivity index (χ0v) is 9.59. The fourth-order valence-electron chi connectivity index (χ4n) is 0.927. The molecule has 0 atom stereocenters. The van der Waals surface area contributed by atoms with Crippen LogP contribution in [0, 0.1) is 0 Å². The molecule has 84 valence electrons. The van der Waals surface area contributed by atoms with Gasteiger partial charge in [0.05, 0.1) is 12.7 Å². The van der Waals surface area contributed by atoms with Gasteiger partial charge in [-0.1, -0.05) is 12.5 Å². The second-order valence-corrected chi connectivity index (χ2v) is 2.99. The minimum atomic E-state index is -0.422. The first kappa shape index (κ1) is 13.4. The topological polar surface area (TPSA) is 55.4 Å². The van der Waals surface area contributed by atoms with Gasteiger partial charge in [0, 0.05) is 13.1 Å². The molecule has 0 aromatic rings.